The summed E-state index contributed by atoms with van der Waals surface area (Å²) in [5.74, 6) is 2.40. The van der Waals surface area contributed by atoms with Crippen LogP contribution in [0.1, 0.15) is 26.0 Å². The second-order valence-electron chi connectivity index (χ2n) is 5.89. The van der Waals surface area contributed by atoms with Gasteiger partial charge >= 0.3 is 0 Å². The van der Waals surface area contributed by atoms with Crippen LogP contribution in [0.25, 0.3) is 0 Å². The topological polar surface area (TPSA) is 67.4 Å². The highest BCUT2D eigenvalue weighted by Gasteiger charge is 2.01. The van der Waals surface area contributed by atoms with Crippen molar-refractivity contribution in [1.82, 2.24) is 20.4 Å². The summed E-state index contributed by atoms with van der Waals surface area (Å²) in [5.41, 5.74) is 0. The number of aryl methyl sites for hydroxylation is 1. The van der Waals surface area contributed by atoms with Crippen LogP contribution in [0.3, 0.4) is 0 Å². The minimum Gasteiger partial charge on any atom is -0.469 e. The second kappa shape index (κ2) is 9.71. The van der Waals surface area contributed by atoms with Crippen molar-refractivity contribution >= 4 is 5.96 Å². The van der Waals surface area contributed by atoms with Gasteiger partial charge in [-0.2, -0.15) is 5.10 Å². The first-order valence-electron chi connectivity index (χ1n) is 8.26. The molecule has 0 spiro atoms. The molecule has 0 aliphatic rings. The average Bonchev–Trinajstić information content (AvgIpc) is 3.21. The van der Waals surface area contributed by atoms with E-state index in [1.54, 1.807) is 12.5 Å². The van der Waals surface area contributed by atoms with E-state index in [9.17, 15) is 0 Å². The van der Waals surface area contributed by atoms with E-state index in [1.165, 1.54) is 0 Å². The van der Waals surface area contributed by atoms with Gasteiger partial charge in [0.15, 0.2) is 5.96 Å². The molecule has 0 aliphatic carbocycles. The van der Waals surface area contributed by atoms with E-state index in [-0.39, 0.29) is 0 Å². The molecular formula is C17H27N5O. The van der Waals surface area contributed by atoms with Gasteiger partial charge in [0.05, 0.1) is 6.26 Å². The Morgan fingerprint density at radius 1 is 1.30 bits per heavy atom. The molecule has 2 N–H and O–H groups in total. The monoisotopic (exact) mass is 317 g/mol. The Hall–Kier alpha value is -2.24. The van der Waals surface area contributed by atoms with E-state index in [0.29, 0.717) is 5.92 Å². The SMILES string of the molecule is CC(C)CN=C(NCCCn1cccn1)NCCc1ccco1. The Balaban J connectivity index is 1.70. The molecule has 0 bridgehead atoms. The number of furan rings is 1. The first kappa shape index (κ1) is 17.1. The molecule has 0 radical (unpaired) electrons. The van der Waals surface area contributed by atoms with Crippen LogP contribution in [0.4, 0.5) is 0 Å². The van der Waals surface area contributed by atoms with Crippen molar-refractivity contribution in [3.8, 4) is 0 Å². The van der Waals surface area contributed by atoms with Gasteiger partial charge in [0.2, 0.25) is 0 Å². The van der Waals surface area contributed by atoms with Crippen molar-refractivity contribution in [3.05, 3.63) is 42.6 Å². The summed E-state index contributed by atoms with van der Waals surface area (Å²) in [7, 11) is 0. The molecule has 6 nitrogen and oxygen atoms in total. The summed E-state index contributed by atoms with van der Waals surface area (Å²) >= 11 is 0. The predicted molar refractivity (Wildman–Crippen MR) is 92.4 cm³/mol. The van der Waals surface area contributed by atoms with Gasteiger partial charge in [-0.25, -0.2) is 0 Å². The number of aromatic nitrogens is 2. The highest BCUT2D eigenvalue weighted by atomic mass is 16.3. The van der Waals surface area contributed by atoms with Crippen LogP contribution in [0.5, 0.6) is 0 Å². The molecule has 2 rings (SSSR count). The molecular weight excluding hydrogens is 290 g/mol. The second-order valence-corrected chi connectivity index (χ2v) is 5.89. The zero-order chi connectivity index (χ0) is 16.3. The van der Waals surface area contributed by atoms with Gasteiger partial charge in [-0.3, -0.25) is 9.67 Å². The quantitative estimate of drug-likeness (QED) is 0.423. The fourth-order valence-corrected chi connectivity index (χ4v) is 2.09. The third kappa shape index (κ3) is 7.04. The summed E-state index contributed by atoms with van der Waals surface area (Å²) in [4.78, 5) is 4.62. The summed E-state index contributed by atoms with van der Waals surface area (Å²) in [6.07, 6.45) is 7.34. The number of hydrogen-bond donors (Lipinski definition) is 2. The number of nitrogens with zero attached hydrogens (tertiary/aromatic N) is 3. The summed E-state index contributed by atoms with van der Waals surface area (Å²) in [5, 5.41) is 11.0. The van der Waals surface area contributed by atoms with Gasteiger partial charge in [0, 0.05) is 45.0 Å². The van der Waals surface area contributed by atoms with Crippen molar-refractivity contribution in [1.29, 1.82) is 0 Å². The number of aliphatic imine (C=N–C) groups is 1. The Bertz CT molecular complexity index is 546. The molecule has 0 aromatic carbocycles. The lowest BCUT2D eigenvalue weighted by molar-refractivity contribution is 0.506. The van der Waals surface area contributed by atoms with Crippen LogP contribution in [0.15, 0.2) is 46.3 Å². The Kier molecular flexibility index (Phi) is 7.23. The third-order valence-corrected chi connectivity index (χ3v) is 3.27. The molecule has 0 fully saturated rings. The number of hydrogen-bond acceptors (Lipinski definition) is 3. The molecule has 2 heterocycles. The summed E-state index contributed by atoms with van der Waals surface area (Å²) in [6, 6.07) is 5.85. The van der Waals surface area contributed by atoms with Gasteiger partial charge in [-0.05, 0) is 30.5 Å². The normalized spacial score (nSPS) is 11.9. The smallest absolute Gasteiger partial charge is 0.191 e. The first-order chi connectivity index (χ1) is 11.2. The predicted octanol–water partition coefficient (Wildman–Crippen LogP) is 2.30. The van der Waals surface area contributed by atoms with E-state index in [1.807, 2.05) is 29.1 Å². The van der Waals surface area contributed by atoms with Gasteiger partial charge in [-0.1, -0.05) is 13.8 Å². The summed E-state index contributed by atoms with van der Waals surface area (Å²) in [6.45, 7) is 7.73. The number of nitrogens with one attached hydrogen (secondary N) is 2. The van der Waals surface area contributed by atoms with Crippen LogP contribution in [-0.2, 0) is 13.0 Å². The fourth-order valence-electron chi connectivity index (χ4n) is 2.09. The standard InChI is InChI=1S/C17H27N5O/c1-15(2)14-20-17(19-10-7-16-6-3-13-23-16)18-8-4-11-22-12-5-9-21-22/h3,5-6,9,12-13,15H,4,7-8,10-11,14H2,1-2H3,(H2,18,19,20). The first-order valence-corrected chi connectivity index (χ1v) is 8.26. The van der Waals surface area contributed by atoms with Crippen molar-refractivity contribution < 1.29 is 4.42 Å². The molecule has 0 aliphatic heterocycles. The molecule has 0 saturated heterocycles. The van der Waals surface area contributed by atoms with Gasteiger partial charge in [-0.15, -0.1) is 0 Å². The Morgan fingerprint density at radius 2 is 2.17 bits per heavy atom. The average molecular weight is 317 g/mol. The largest absolute Gasteiger partial charge is 0.469 e. The van der Waals surface area contributed by atoms with Gasteiger partial charge in [0.25, 0.3) is 0 Å². The van der Waals surface area contributed by atoms with Crippen LogP contribution < -0.4 is 10.6 Å². The minimum atomic E-state index is 0.544. The van der Waals surface area contributed by atoms with Crippen molar-refractivity contribution in [3.63, 3.8) is 0 Å². The van der Waals surface area contributed by atoms with Crippen LogP contribution in [-0.4, -0.2) is 35.4 Å². The fraction of sp³-hybridized carbons (Fsp3) is 0.529. The van der Waals surface area contributed by atoms with Crippen molar-refractivity contribution in [2.75, 3.05) is 19.6 Å². The van der Waals surface area contributed by atoms with E-state index in [0.717, 1.165) is 50.7 Å². The van der Waals surface area contributed by atoms with E-state index in [2.05, 4.69) is 34.6 Å². The van der Waals surface area contributed by atoms with Crippen LogP contribution in [0, 0.1) is 5.92 Å². The molecule has 126 valence electrons. The van der Waals surface area contributed by atoms with E-state index in [4.69, 9.17) is 4.42 Å². The van der Waals surface area contributed by atoms with E-state index < -0.39 is 0 Å². The lowest BCUT2D eigenvalue weighted by Crippen LogP contribution is -2.39. The van der Waals surface area contributed by atoms with E-state index >= 15 is 0 Å². The molecule has 2 aromatic heterocycles. The minimum absolute atomic E-state index is 0.544. The van der Waals surface area contributed by atoms with Crippen molar-refractivity contribution in [2.24, 2.45) is 10.9 Å². The zero-order valence-electron chi connectivity index (χ0n) is 14.0. The molecule has 0 saturated carbocycles. The lowest BCUT2D eigenvalue weighted by Gasteiger charge is -2.13. The Morgan fingerprint density at radius 3 is 2.87 bits per heavy atom. The van der Waals surface area contributed by atoms with Gasteiger partial charge in [0.1, 0.15) is 5.76 Å². The highest BCUT2D eigenvalue weighted by Crippen LogP contribution is 1.99. The maximum Gasteiger partial charge on any atom is 0.191 e. The van der Waals surface area contributed by atoms with Crippen LogP contribution >= 0.6 is 0 Å². The summed E-state index contributed by atoms with van der Waals surface area (Å²) < 4.78 is 7.28. The van der Waals surface area contributed by atoms with Gasteiger partial charge < -0.3 is 15.1 Å². The van der Waals surface area contributed by atoms with Crippen LogP contribution in [0.2, 0.25) is 0 Å². The molecule has 6 heteroatoms. The Labute approximate surface area is 138 Å². The lowest BCUT2D eigenvalue weighted by atomic mass is 10.2. The van der Waals surface area contributed by atoms with Crippen molar-refractivity contribution in [2.45, 2.75) is 33.2 Å². The molecule has 0 atom stereocenters. The maximum absolute atomic E-state index is 5.34. The molecule has 0 amide bonds. The number of rotatable bonds is 9. The number of guanidine groups is 1. The molecule has 0 unspecified atom stereocenters. The third-order valence-electron chi connectivity index (χ3n) is 3.27. The molecule has 23 heavy (non-hydrogen) atoms. The highest BCUT2D eigenvalue weighted by molar-refractivity contribution is 5.79. The maximum atomic E-state index is 5.34. The zero-order valence-corrected chi connectivity index (χ0v) is 14.0. The molecule has 2 aromatic rings.